The summed E-state index contributed by atoms with van der Waals surface area (Å²) in [6.45, 7) is 4.36. The van der Waals surface area contributed by atoms with Crippen molar-refractivity contribution in [2.75, 3.05) is 7.11 Å². The second kappa shape index (κ2) is 8.22. The normalized spacial score (nSPS) is 10.6. The molecule has 0 saturated heterocycles. The maximum Gasteiger partial charge on any atom is 0.347 e. The lowest BCUT2D eigenvalue weighted by molar-refractivity contribution is 0.0701. The molecule has 0 spiro atoms. The highest BCUT2D eigenvalue weighted by Gasteiger charge is 2.18. The van der Waals surface area contributed by atoms with Crippen LogP contribution in [0.1, 0.15) is 33.4 Å². The molecule has 0 atom stereocenters. The lowest BCUT2D eigenvalue weighted by atomic mass is 10.1. The van der Waals surface area contributed by atoms with Gasteiger partial charge in [0.1, 0.15) is 16.5 Å². The van der Waals surface area contributed by atoms with Crippen LogP contribution in [0.25, 0.3) is 10.6 Å². The van der Waals surface area contributed by atoms with Crippen LogP contribution < -0.4 is 9.47 Å². The van der Waals surface area contributed by atoms with Gasteiger partial charge in [0.05, 0.1) is 12.8 Å². The van der Waals surface area contributed by atoms with Gasteiger partial charge in [-0.2, -0.15) is 0 Å². The Kier molecular flexibility index (Phi) is 5.76. The molecule has 3 aromatic rings. The number of carboxylic acid groups (broad SMARTS) is 1. The Labute approximate surface area is 162 Å². The third-order valence-electron chi connectivity index (χ3n) is 4.15. The number of carboxylic acids is 1. The molecule has 6 heteroatoms. The first-order valence-electron chi connectivity index (χ1n) is 8.61. The van der Waals surface area contributed by atoms with E-state index in [1.807, 2.05) is 56.3 Å². The van der Waals surface area contributed by atoms with Crippen LogP contribution >= 0.6 is 11.3 Å². The summed E-state index contributed by atoms with van der Waals surface area (Å²) in [5, 5.41) is 10.0. The van der Waals surface area contributed by atoms with Crippen LogP contribution in [-0.2, 0) is 13.0 Å². The van der Waals surface area contributed by atoms with E-state index >= 15 is 0 Å². The Morgan fingerprint density at radius 1 is 1.15 bits per heavy atom. The van der Waals surface area contributed by atoms with E-state index in [4.69, 9.17) is 9.47 Å². The Bertz CT molecular complexity index is 947. The van der Waals surface area contributed by atoms with Crippen molar-refractivity contribution in [3.05, 3.63) is 64.2 Å². The van der Waals surface area contributed by atoms with E-state index in [-0.39, 0.29) is 4.88 Å². The summed E-state index contributed by atoms with van der Waals surface area (Å²) in [6.07, 6.45) is 0.574. The summed E-state index contributed by atoms with van der Waals surface area (Å²) in [7, 11) is 1.59. The first kappa shape index (κ1) is 18.9. The highest BCUT2D eigenvalue weighted by Crippen LogP contribution is 2.35. The quantitative estimate of drug-likeness (QED) is 0.624. The fourth-order valence-electron chi connectivity index (χ4n) is 2.65. The summed E-state index contributed by atoms with van der Waals surface area (Å²) in [4.78, 5) is 16.2. The monoisotopic (exact) mass is 383 g/mol. The van der Waals surface area contributed by atoms with E-state index in [9.17, 15) is 9.90 Å². The number of methoxy groups -OCH3 is 1. The van der Waals surface area contributed by atoms with Crippen molar-refractivity contribution in [3.63, 3.8) is 0 Å². The van der Waals surface area contributed by atoms with Crippen LogP contribution in [0.3, 0.4) is 0 Å². The van der Waals surface area contributed by atoms with Gasteiger partial charge in [0.15, 0.2) is 11.5 Å². The van der Waals surface area contributed by atoms with E-state index in [1.165, 1.54) is 16.9 Å². The molecule has 0 unspecified atom stereocenters. The number of aromatic carboxylic acids is 1. The smallest absolute Gasteiger partial charge is 0.347 e. The van der Waals surface area contributed by atoms with Crippen LogP contribution in [0, 0.1) is 6.92 Å². The van der Waals surface area contributed by atoms with Crippen molar-refractivity contribution in [3.8, 4) is 22.1 Å². The minimum Gasteiger partial charge on any atom is -0.493 e. The van der Waals surface area contributed by atoms with Crippen molar-refractivity contribution in [2.24, 2.45) is 0 Å². The predicted molar refractivity (Wildman–Crippen MR) is 106 cm³/mol. The molecule has 0 aliphatic heterocycles. The number of carbonyl (C=O) groups is 1. The van der Waals surface area contributed by atoms with Gasteiger partial charge in [-0.05, 0) is 37.1 Å². The van der Waals surface area contributed by atoms with Crippen LogP contribution in [0.2, 0.25) is 0 Å². The third kappa shape index (κ3) is 4.28. The molecular weight excluding hydrogens is 362 g/mol. The van der Waals surface area contributed by atoms with Gasteiger partial charge in [-0.1, -0.05) is 36.8 Å². The third-order valence-corrected chi connectivity index (χ3v) is 5.29. The molecule has 5 nitrogen and oxygen atoms in total. The summed E-state index contributed by atoms with van der Waals surface area (Å²) < 4.78 is 11.4. The van der Waals surface area contributed by atoms with Gasteiger partial charge >= 0.3 is 5.97 Å². The van der Waals surface area contributed by atoms with E-state index in [1.54, 1.807) is 7.11 Å². The van der Waals surface area contributed by atoms with Gasteiger partial charge in [-0.15, -0.1) is 11.3 Å². The minimum absolute atomic E-state index is 0.283. The Morgan fingerprint density at radius 3 is 2.48 bits per heavy atom. The number of ether oxygens (including phenoxy) is 2. The molecule has 1 N–H and O–H groups in total. The fraction of sp³-hybridized carbons (Fsp3) is 0.238. The average molecular weight is 383 g/mol. The van der Waals surface area contributed by atoms with Gasteiger partial charge in [0.25, 0.3) is 0 Å². The molecule has 0 bridgehead atoms. The number of benzene rings is 2. The molecule has 1 aromatic heterocycles. The number of aryl methyl sites for hydroxylation is 2. The number of nitrogens with zero attached hydrogens (tertiary/aromatic N) is 1. The average Bonchev–Trinajstić information content (AvgIpc) is 3.12. The lowest BCUT2D eigenvalue weighted by Crippen LogP contribution is -1.98. The first-order valence-corrected chi connectivity index (χ1v) is 9.43. The summed E-state index contributed by atoms with van der Waals surface area (Å²) >= 11 is 1.18. The molecular formula is C21H21NO4S. The van der Waals surface area contributed by atoms with Crippen molar-refractivity contribution < 1.29 is 19.4 Å². The van der Waals surface area contributed by atoms with Crippen molar-refractivity contribution >= 4 is 17.3 Å². The molecule has 0 amide bonds. The lowest BCUT2D eigenvalue weighted by Gasteiger charge is -2.12. The summed E-state index contributed by atoms with van der Waals surface area (Å²) in [5.74, 6) is 0.275. The van der Waals surface area contributed by atoms with E-state index in [0.717, 1.165) is 11.1 Å². The molecule has 0 radical (unpaired) electrons. The number of thiazole rings is 1. The SMILES string of the molecule is CCc1nc(-c2ccc(OC)c(OCc3ccc(C)cc3)c2)sc1C(=O)O. The molecule has 0 saturated carbocycles. The molecule has 0 aliphatic carbocycles. The number of rotatable bonds is 7. The van der Waals surface area contributed by atoms with Crippen LogP contribution in [-0.4, -0.2) is 23.2 Å². The summed E-state index contributed by atoms with van der Waals surface area (Å²) in [6, 6.07) is 13.7. The Morgan fingerprint density at radius 2 is 1.89 bits per heavy atom. The Hall–Kier alpha value is -2.86. The number of hydrogen-bond donors (Lipinski definition) is 1. The minimum atomic E-state index is -0.944. The van der Waals surface area contributed by atoms with Crippen molar-refractivity contribution in [1.82, 2.24) is 4.98 Å². The van der Waals surface area contributed by atoms with Gasteiger partial charge in [0, 0.05) is 5.56 Å². The highest BCUT2D eigenvalue weighted by molar-refractivity contribution is 7.17. The van der Waals surface area contributed by atoms with Crippen LogP contribution in [0.4, 0.5) is 0 Å². The molecule has 3 rings (SSSR count). The second-order valence-corrected chi connectivity index (χ2v) is 7.09. The Balaban J connectivity index is 1.89. The van der Waals surface area contributed by atoms with Crippen molar-refractivity contribution in [1.29, 1.82) is 0 Å². The predicted octanol–water partition coefficient (Wildman–Crippen LogP) is 4.97. The summed E-state index contributed by atoms with van der Waals surface area (Å²) in [5.41, 5.74) is 3.66. The molecule has 27 heavy (non-hydrogen) atoms. The molecule has 0 fully saturated rings. The van der Waals surface area contributed by atoms with Crippen LogP contribution in [0.5, 0.6) is 11.5 Å². The zero-order chi connectivity index (χ0) is 19.4. The molecule has 1 heterocycles. The first-order chi connectivity index (χ1) is 13.0. The van der Waals surface area contributed by atoms with E-state index in [0.29, 0.717) is 35.2 Å². The zero-order valence-electron chi connectivity index (χ0n) is 15.5. The largest absolute Gasteiger partial charge is 0.493 e. The molecule has 2 aromatic carbocycles. The maximum absolute atomic E-state index is 11.4. The van der Waals surface area contributed by atoms with Gasteiger partial charge in [-0.25, -0.2) is 9.78 Å². The second-order valence-electron chi connectivity index (χ2n) is 6.09. The molecule has 0 aliphatic rings. The highest BCUT2D eigenvalue weighted by atomic mass is 32.1. The standard InChI is InChI=1S/C21H21NO4S/c1-4-16-19(21(23)24)27-20(22-16)15-9-10-17(25-3)18(11-15)26-12-14-7-5-13(2)6-8-14/h5-11H,4,12H2,1-3H3,(H,23,24). The van der Waals surface area contributed by atoms with Gasteiger partial charge in [0.2, 0.25) is 0 Å². The zero-order valence-corrected chi connectivity index (χ0v) is 16.3. The number of aromatic nitrogens is 1. The van der Waals surface area contributed by atoms with Crippen molar-refractivity contribution in [2.45, 2.75) is 26.9 Å². The van der Waals surface area contributed by atoms with Gasteiger partial charge < -0.3 is 14.6 Å². The molecule has 140 valence electrons. The van der Waals surface area contributed by atoms with Crippen LogP contribution in [0.15, 0.2) is 42.5 Å². The van der Waals surface area contributed by atoms with E-state index < -0.39 is 5.97 Å². The topological polar surface area (TPSA) is 68.7 Å². The maximum atomic E-state index is 11.4. The van der Waals surface area contributed by atoms with Gasteiger partial charge in [-0.3, -0.25) is 0 Å². The number of hydrogen-bond acceptors (Lipinski definition) is 5. The van der Waals surface area contributed by atoms with E-state index in [2.05, 4.69) is 4.98 Å². The fourth-order valence-corrected chi connectivity index (χ4v) is 3.64.